The van der Waals surface area contributed by atoms with Crippen molar-refractivity contribution in [3.8, 4) is 0 Å². The lowest BCUT2D eigenvalue weighted by atomic mass is 10.1. The largest absolute Gasteiger partial charge is 0.367 e. The standard InChI is InChI=1S/C15H17ClN4O/c1-11-9-19(6-7-20-10-12(16)8-17-20)14-5-3-2-4-13(14)18-15(11)21/h2-5,8,10-11H,6-7,9H2,1H3,(H,18,21). The summed E-state index contributed by atoms with van der Waals surface area (Å²) in [5.74, 6) is 0.00527. The molecule has 0 saturated heterocycles. The van der Waals surface area contributed by atoms with Gasteiger partial charge in [-0.05, 0) is 12.1 Å². The number of nitrogens with one attached hydrogen (secondary N) is 1. The minimum Gasteiger partial charge on any atom is -0.367 e. The number of benzene rings is 1. The number of halogens is 1. The summed E-state index contributed by atoms with van der Waals surface area (Å²) in [6.45, 7) is 4.13. The molecule has 6 heteroatoms. The second-order valence-corrected chi connectivity index (χ2v) is 5.71. The summed E-state index contributed by atoms with van der Waals surface area (Å²) in [6.07, 6.45) is 3.43. The quantitative estimate of drug-likeness (QED) is 0.948. The Morgan fingerprint density at radius 1 is 1.38 bits per heavy atom. The van der Waals surface area contributed by atoms with E-state index in [-0.39, 0.29) is 11.8 Å². The minimum absolute atomic E-state index is 0.0568. The molecule has 2 heterocycles. The summed E-state index contributed by atoms with van der Waals surface area (Å²) in [5.41, 5.74) is 1.92. The van der Waals surface area contributed by atoms with Crippen LogP contribution < -0.4 is 10.2 Å². The lowest BCUT2D eigenvalue weighted by Gasteiger charge is -2.25. The summed E-state index contributed by atoms with van der Waals surface area (Å²) in [4.78, 5) is 14.2. The van der Waals surface area contributed by atoms with Crippen LogP contribution in [0.4, 0.5) is 11.4 Å². The molecule has 0 fully saturated rings. The van der Waals surface area contributed by atoms with Gasteiger partial charge < -0.3 is 10.2 Å². The molecule has 5 nitrogen and oxygen atoms in total. The van der Waals surface area contributed by atoms with Crippen LogP contribution in [0, 0.1) is 5.92 Å². The highest BCUT2D eigenvalue weighted by atomic mass is 35.5. The summed E-state index contributed by atoms with van der Waals surface area (Å²) < 4.78 is 1.82. The van der Waals surface area contributed by atoms with Gasteiger partial charge in [0.2, 0.25) is 5.91 Å². The van der Waals surface area contributed by atoms with Crippen LogP contribution in [0.1, 0.15) is 6.92 Å². The van der Waals surface area contributed by atoms with E-state index in [4.69, 9.17) is 11.6 Å². The van der Waals surface area contributed by atoms with Crippen molar-refractivity contribution in [2.45, 2.75) is 13.5 Å². The van der Waals surface area contributed by atoms with Crippen LogP contribution in [-0.4, -0.2) is 28.8 Å². The van der Waals surface area contributed by atoms with E-state index in [0.717, 1.165) is 24.5 Å². The molecule has 21 heavy (non-hydrogen) atoms. The molecule has 110 valence electrons. The summed E-state index contributed by atoms with van der Waals surface area (Å²) in [7, 11) is 0. The van der Waals surface area contributed by atoms with Gasteiger partial charge in [-0.15, -0.1) is 0 Å². The van der Waals surface area contributed by atoms with Crippen molar-refractivity contribution in [1.29, 1.82) is 0 Å². The number of amides is 1. The molecule has 0 saturated carbocycles. The maximum absolute atomic E-state index is 12.0. The molecule has 1 aromatic carbocycles. The number of hydrogen-bond donors (Lipinski definition) is 1. The Morgan fingerprint density at radius 2 is 2.19 bits per heavy atom. The van der Waals surface area contributed by atoms with Crippen LogP contribution in [0.3, 0.4) is 0 Å². The smallest absolute Gasteiger partial charge is 0.229 e. The van der Waals surface area contributed by atoms with Crippen LogP contribution in [-0.2, 0) is 11.3 Å². The molecule has 0 bridgehead atoms. The normalized spacial score (nSPS) is 18.1. The van der Waals surface area contributed by atoms with E-state index in [1.807, 2.05) is 35.9 Å². The fraction of sp³-hybridized carbons (Fsp3) is 0.333. The summed E-state index contributed by atoms with van der Waals surface area (Å²) >= 11 is 5.88. The van der Waals surface area contributed by atoms with Crippen molar-refractivity contribution < 1.29 is 4.79 Å². The first-order valence-electron chi connectivity index (χ1n) is 6.96. The van der Waals surface area contributed by atoms with E-state index in [0.29, 0.717) is 11.6 Å². The molecule has 2 aromatic rings. The second kappa shape index (κ2) is 5.77. The molecular weight excluding hydrogens is 288 g/mol. The SMILES string of the molecule is CC1CN(CCn2cc(Cl)cn2)c2ccccc2NC1=O. The molecule has 1 aliphatic rings. The zero-order valence-corrected chi connectivity index (χ0v) is 12.5. The molecule has 3 rings (SSSR count). The van der Waals surface area contributed by atoms with Crippen LogP contribution in [0.15, 0.2) is 36.7 Å². The van der Waals surface area contributed by atoms with Crippen molar-refractivity contribution in [3.05, 3.63) is 41.7 Å². The van der Waals surface area contributed by atoms with Crippen molar-refractivity contribution >= 4 is 28.9 Å². The fourth-order valence-corrected chi connectivity index (χ4v) is 2.67. The lowest BCUT2D eigenvalue weighted by molar-refractivity contribution is -0.119. The van der Waals surface area contributed by atoms with E-state index < -0.39 is 0 Å². The lowest BCUT2D eigenvalue weighted by Crippen LogP contribution is -2.33. The van der Waals surface area contributed by atoms with Gasteiger partial charge >= 0.3 is 0 Å². The molecule has 1 amide bonds. The highest BCUT2D eigenvalue weighted by Gasteiger charge is 2.24. The molecule has 1 N–H and O–H groups in total. The average Bonchev–Trinajstić information content (AvgIpc) is 2.84. The predicted octanol–water partition coefficient (Wildman–Crippen LogP) is 2.63. The van der Waals surface area contributed by atoms with Gasteiger partial charge in [0, 0.05) is 19.3 Å². The van der Waals surface area contributed by atoms with Crippen molar-refractivity contribution in [2.75, 3.05) is 23.3 Å². The van der Waals surface area contributed by atoms with Gasteiger partial charge in [-0.3, -0.25) is 9.48 Å². The number of carbonyl (C=O) groups excluding carboxylic acids is 1. The van der Waals surface area contributed by atoms with Crippen LogP contribution >= 0.6 is 11.6 Å². The van der Waals surface area contributed by atoms with Gasteiger partial charge in [0.05, 0.1) is 35.1 Å². The Kier molecular flexibility index (Phi) is 3.84. The average molecular weight is 305 g/mol. The van der Waals surface area contributed by atoms with E-state index in [9.17, 15) is 4.79 Å². The molecule has 1 unspecified atom stereocenters. The zero-order chi connectivity index (χ0) is 14.8. The minimum atomic E-state index is -0.0568. The fourth-order valence-electron chi connectivity index (χ4n) is 2.52. The van der Waals surface area contributed by atoms with Gasteiger partial charge in [-0.25, -0.2) is 0 Å². The van der Waals surface area contributed by atoms with E-state index in [2.05, 4.69) is 15.3 Å². The van der Waals surface area contributed by atoms with E-state index in [1.165, 1.54) is 0 Å². The highest BCUT2D eigenvalue weighted by Crippen LogP contribution is 2.29. The first-order chi connectivity index (χ1) is 10.1. The molecule has 1 aromatic heterocycles. The third-order valence-corrected chi connectivity index (χ3v) is 3.84. The Bertz CT molecular complexity index is 655. The Labute approximate surface area is 128 Å². The van der Waals surface area contributed by atoms with Crippen LogP contribution in [0.25, 0.3) is 0 Å². The van der Waals surface area contributed by atoms with Crippen molar-refractivity contribution in [3.63, 3.8) is 0 Å². The molecule has 1 atom stereocenters. The highest BCUT2D eigenvalue weighted by molar-refractivity contribution is 6.30. The molecule has 0 radical (unpaired) electrons. The topological polar surface area (TPSA) is 50.2 Å². The number of carbonyl (C=O) groups is 1. The van der Waals surface area contributed by atoms with Gasteiger partial charge in [0.1, 0.15) is 0 Å². The van der Waals surface area contributed by atoms with Gasteiger partial charge in [0.15, 0.2) is 0 Å². The second-order valence-electron chi connectivity index (χ2n) is 5.28. The van der Waals surface area contributed by atoms with Gasteiger partial charge in [-0.1, -0.05) is 30.7 Å². The van der Waals surface area contributed by atoms with Gasteiger partial charge in [0.25, 0.3) is 0 Å². The van der Waals surface area contributed by atoms with Gasteiger partial charge in [-0.2, -0.15) is 5.10 Å². The predicted molar refractivity (Wildman–Crippen MR) is 83.7 cm³/mol. The third-order valence-electron chi connectivity index (χ3n) is 3.65. The number of nitrogens with zero attached hydrogens (tertiary/aromatic N) is 3. The number of hydrogen-bond acceptors (Lipinski definition) is 3. The summed E-state index contributed by atoms with van der Waals surface area (Å²) in [5, 5.41) is 7.80. The van der Waals surface area contributed by atoms with Crippen molar-refractivity contribution in [2.24, 2.45) is 5.92 Å². The number of fused-ring (bicyclic) bond motifs is 1. The first kappa shape index (κ1) is 13.9. The Morgan fingerprint density at radius 3 is 2.95 bits per heavy atom. The first-order valence-corrected chi connectivity index (χ1v) is 7.34. The maximum atomic E-state index is 12.0. The third kappa shape index (κ3) is 3.03. The number of anilines is 2. The molecule has 0 spiro atoms. The number of aromatic nitrogens is 2. The van der Waals surface area contributed by atoms with Crippen LogP contribution in [0.2, 0.25) is 5.02 Å². The van der Waals surface area contributed by atoms with Crippen LogP contribution in [0.5, 0.6) is 0 Å². The summed E-state index contributed by atoms with van der Waals surface area (Å²) in [6, 6.07) is 7.88. The zero-order valence-electron chi connectivity index (χ0n) is 11.8. The monoisotopic (exact) mass is 304 g/mol. The number of para-hydroxylation sites is 2. The molecule has 0 aliphatic carbocycles. The van der Waals surface area contributed by atoms with E-state index in [1.54, 1.807) is 12.4 Å². The number of rotatable bonds is 3. The van der Waals surface area contributed by atoms with Crippen molar-refractivity contribution in [1.82, 2.24) is 9.78 Å². The maximum Gasteiger partial charge on any atom is 0.229 e. The van der Waals surface area contributed by atoms with E-state index >= 15 is 0 Å². The molecular formula is C15H17ClN4O. The Balaban J connectivity index is 1.81. The Hall–Kier alpha value is -2.01. The molecule has 1 aliphatic heterocycles.